The van der Waals surface area contributed by atoms with Gasteiger partial charge in [0, 0.05) is 24.5 Å². The average Bonchev–Trinajstić information content (AvgIpc) is 3.23. The summed E-state index contributed by atoms with van der Waals surface area (Å²) in [4.78, 5) is 12.1. The van der Waals surface area contributed by atoms with E-state index in [9.17, 15) is 4.79 Å². The summed E-state index contributed by atoms with van der Waals surface area (Å²) in [6.07, 6.45) is 10.4. The smallest absolute Gasteiger partial charge is 0.189 e. The predicted octanol–water partition coefficient (Wildman–Crippen LogP) is 3.04. The van der Waals surface area contributed by atoms with Gasteiger partial charge in [-0.2, -0.15) is 10.2 Å². The maximum atomic E-state index is 12.1. The molecule has 5 nitrogen and oxygen atoms in total. The number of carbonyl (C=O) groups is 1. The van der Waals surface area contributed by atoms with Crippen molar-refractivity contribution < 1.29 is 4.79 Å². The molecule has 0 aliphatic rings. The van der Waals surface area contributed by atoms with Gasteiger partial charge in [0.2, 0.25) is 0 Å². The fourth-order valence-corrected chi connectivity index (χ4v) is 2.25. The summed E-state index contributed by atoms with van der Waals surface area (Å²) < 4.78 is 3.59. The first-order chi connectivity index (χ1) is 11.2. The van der Waals surface area contributed by atoms with Crippen LogP contribution >= 0.6 is 0 Å². The molecule has 0 aliphatic carbocycles. The Morgan fingerprint density at radius 2 is 1.87 bits per heavy atom. The van der Waals surface area contributed by atoms with Crippen LogP contribution in [0.4, 0.5) is 0 Å². The van der Waals surface area contributed by atoms with Gasteiger partial charge in [-0.05, 0) is 24.6 Å². The summed E-state index contributed by atoms with van der Waals surface area (Å²) in [5.74, 6) is -0.0551. The maximum Gasteiger partial charge on any atom is 0.189 e. The average molecular weight is 306 g/mol. The second-order valence-corrected chi connectivity index (χ2v) is 5.24. The summed E-state index contributed by atoms with van der Waals surface area (Å²) >= 11 is 0. The van der Waals surface area contributed by atoms with Crippen molar-refractivity contribution in [1.82, 2.24) is 19.6 Å². The molecular weight excluding hydrogens is 288 g/mol. The van der Waals surface area contributed by atoms with Crippen molar-refractivity contribution in [3.05, 3.63) is 77.9 Å². The zero-order valence-electron chi connectivity index (χ0n) is 13.0. The number of aromatic nitrogens is 4. The molecule has 0 N–H and O–H groups in total. The zero-order chi connectivity index (χ0) is 16.1. The normalized spacial score (nSPS) is 11.2. The van der Waals surface area contributed by atoms with E-state index in [0.29, 0.717) is 12.1 Å². The molecule has 0 amide bonds. The molecular formula is C18H18N4O. The highest BCUT2D eigenvalue weighted by Gasteiger charge is 2.05. The van der Waals surface area contributed by atoms with E-state index in [2.05, 4.69) is 22.3 Å². The number of ketones is 1. The van der Waals surface area contributed by atoms with Crippen LogP contribution in [0.5, 0.6) is 0 Å². The first-order valence-corrected chi connectivity index (χ1v) is 7.56. The number of allylic oxidation sites excluding steroid dienone is 1. The second-order valence-electron chi connectivity index (χ2n) is 5.24. The molecule has 3 rings (SSSR count). The van der Waals surface area contributed by atoms with Crippen LogP contribution in [0.1, 0.15) is 28.4 Å². The summed E-state index contributed by atoms with van der Waals surface area (Å²) in [6, 6.07) is 10.1. The van der Waals surface area contributed by atoms with Crippen LogP contribution in [0.3, 0.4) is 0 Å². The van der Waals surface area contributed by atoms with Gasteiger partial charge in [-0.1, -0.05) is 30.3 Å². The first kappa shape index (κ1) is 15.0. The predicted molar refractivity (Wildman–Crippen MR) is 89.0 cm³/mol. The molecule has 2 heterocycles. The van der Waals surface area contributed by atoms with Crippen LogP contribution in [0, 0.1) is 0 Å². The molecule has 116 valence electrons. The number of aryl methyl sites for hydroxylation is 1. The molecule has 0 atom stereocenters. The zero-order valence-corrected chi connectivity index (χ0v) is 13.0. The van der Waals surface area contributed by atoms with Gasteiger partial charge in [0.1, 0.15) is 0 Å². The lowest BCUT2D eigenvalue weighted by Crippen LogP contribution is -1.99. The summed E-state index contributed by atoms with van der Waals surface area (Å²) in [5.41, 5.74) is 2.69. The van der Waals surface area contributed by atoms with Gasteiger partial charge in [-0.3, -0.25) is 14.2 Å². The van der Waals surface area contributed by atoms with Crippen molar-refractivity contribution >= 4 is 11.9 Å². The fraction of sp³-hybridized carbons (Fsp3) is 0.167. The molecule has 5 heteroatoms. The standard InChI is InChI=1S/C18H18N4O/c1-2-21-14-17(11-20-21)18(23)9-8-16-10-19-22(13-16)12-15-6-4-3-5-7-15/h3-11,13-14H,2,12H2,1H3/b9-8-. The highest BCUT2D eigenvalue weighted by Crippen LogP contribution is 2.07. The minimum Gasteiger partial charge on any atom is -0.289 e. The highest BCUT2D eigenvalue weighted by atomic mass is 16.1. The van der Waals surface area contributed by atoms with Crippen molar-refractivity contribution in [2.45, 2.75) is 20.0 Å². The summed E-state index contributed by atoms with van der Waals surface area (Å²) in [6.45, 7) is 3.45. The van der Waals surface area contributed by atoms with Crippen molar-refractivity contribution in [3.8, 4) is 0 Å². The van der Waals surface area contributed by atoms with Crippen LogP contribution in [0.15, 0.2) is 61.2 Å². The molecule has 0 bridgehead atoms. The molecule has 23 heavy (non-hydrogen) atoms. The van der Waals surface area contributed by atoms with Crippen molar-refractivity contribution in [2.75, 3.05) is 0 Å². The van der Waals surface area contributed by atoms with Gasteiger partial charge in [0.25, 0.3) is 0 Å². The fourth-order valence-electron chi connectivity index (χ4n) is 2.25. The van der Waals surface area contributed by atoms with Crippen LogP contribution in [0.25, 0.3) is 6.08 Å². The Morgan fingerprint density at radius 3 is 2.61 bits per heavy atom. The maximum absolute atomic E-state index is 12.1. The summed E-state index contributed by atoms with van der Waals surface area (Å²) in [7, 11) is 0. The third-order valence-electron chi connectivity index (χ3n) is 3.51. The lowest BCUT2D eigenvalue weighted by atomic mass is 10.2. The van der Waals surface area contributed by atoms with E-state index in [-0.39, 0.29) is 5.78 Å². The van der Waals surface area contributed by atoms with Gasteiger partial charge in [-0.15, -0.1) is 0 Å². The number of nitrogens with zero attached hydrogens (tertiary/aromatic N) is 4. The van der Waals surface area contributed by atoms with E-state index < -0.39 is 0 Å². The van der Waals surface area contributed by atoms with Crippen molar-refractivity contribution in [2.24, 2.45) is 0 Å². The Balaban J connectivity index is 1.65. The van der Waals surface area contributed by atoms with Crippen LogP contribution in [-0.4, -0.2) is 25.3 Å². The van der Waals surface area contributed by atoms with E-state index in [4.69, 9.17) is 0 Å². The third kappa shape index (κ3) is 3.83. The second kappa shape index (κ2) is 6.87. The number of rotatable bonds is 6. The quantitative estimate of drug-likeness (QED) is 0.519. The van der Waals surface area contributed by atoms with Gasteiger partial charge >= 0.3 is 0 Å². The van der Waals surface area contributed by atoms with E-state index in [1.807, 2.05) is 36.0 Å². The van der Waals surface area contributed by atoms with Crippen LogP contribution in [0.2, 0.25) is 0 Å². The Kier molecular flexibility index (Phi) is 4.47. The van der Waals surface area contributed by atoms with Gasteiger partial charge in [-0.25, -0.2) is 0 Å². The van der Waals surface area contributed by atoms with Gasteiger partial charge < -0.3 is 0 Å². The lowest BCUT2D eigenvalue weighted by Gasteiger charge is -2.00. The monoisotopic (exact) mass is 306 g/mol. The Morgan fingerprint density at radius 1 is 1.09 bits per heavy atom. The highest BCUT2D eigenvalue weighted by molar-refractivity contribution is 6.06. The summed E-state index contributed by atoms with van der Waals surface area (Å²) in [5, 5.41) is 8.42. The van der Waals surface area contributed by atoms with Crippen molar-refractivity contribution in [1.29, 1.82) is 0 Å². The molecule has 0 aliphatic heterocycles. The minimum atomic E-state index is -0.0551. The van der Waals surface area contributed by atoms with E-state index in [1.54, 1.807) is 35.4 Å². The third-order valence-corrected chi connectivity index (χ3v) is 3.51. The largest absolute Gasteiger partial charge is 0.289 e. The molecule has 0 unspecified atom stereocenters. The number of carbonyl (C=O) groups excluding carboxylic acids is 1. The lowest BCUT2D eigenvalue weighted by molar-refractivity contribution is 0.104. The van der Waals surface area contributed by atoms with E-state index in [0.717, 1.165) is 12.1 Å². The Bertz CT molecular complexity index is 814. The number of benzene rings is 1. The first-order valence-electron chi connectivity index (χ1n) is 7.56. The number of hydrogen-bond acceptors (Lipinski definition) is 3. The Labute approximate surface area is 134 Å². The van der Waals surface area contributed by atoms with Gasteiger partial charge in [0.05, 0.1) is 24.5 Å². The molecule has 3 aromatic rings. The molecule has 2 aromatic heterocycles. The minimum absolute atomic E-state index is 0.0551. The molecule has 0 spiro atoms. The molecule has 0 saturated heterocycles. The van der Waals surface area contributed by atoms with Crippen LogP contribution in [-0.2, 0) is 13.1 Å². The van der Waals surface area contributed by atoms with Crippen LogP contribution < -0.4 is 0 Å². The SMILES string of the molecule is CCn1cc(C(=O)/C=C\c2cnn(Cc3ccccc3)c2)cn1. The Hall–Kier alpha value is -2.95. The molecule has 0 radical (unpaired) electrons. The molecule has 1 aromatic carbocycles. The number of hydrogen-bond donors (Lipinski definition) is 0. The van der Waals surface area contributed by atoms with Crippen molar-refractivity contribution in [3.63, 3.8) is 0 Å². The van der Waals surface area contributed by atoms with E-state index in [1.165, 1.54) is 5.56 Å². The molecule has 0 saturated carbocycles. The topological polar surface area (TPSA) is 52.7 Å². The molecule has 0 fully saturated rings. The van der Waals surface area contributed by atoms with E-state index >= 15 is 0 Å². The van der Waals surface area contributed by atoms with Gasteiger partial charge in [0.15, 0.2) is 5.78 Å².